The van der Waals surface area contributed by atoms with Gasteiger partial charge in [0.2, 0.25) is 0 Å². The number of hydrogen-bond donors (Lipinski definition) is 1. The van der Waals surface area contributed by atoms with Crippen LogP contribution >= 0.6 is 11.3 Å². The summed E-state index contributed by atoms with van der Waals surface area (Å²) in [5.74, 6) is 1.67. The van der Waals surface area contributed by atoms with Crippen molar-refractivity contribution in [2.75, 3.05) is 19.0 Å². The van der Waals surface area contributed by atoms with Gasteiger partial charge in [-0.3, -0.25) is 0 Å². The predicted molar refractivity (Wildman–Crippen MR) is 85.3 cm³/mol. The van der Waals surface area contributed by atoms with Crippen LogP contribution in [0.15, 0.2) is 28.7 Å². The summed E-state index contributed by atoms with van der Waals surface area (Å²) in [6.45, 7) is 1.03. The highest BCUT2D eigenvalue weighted by atomic mass is 32.1. The van der Waals surface area contributed by atoms with Gasteiger partial charge in [0.05, 0.1) is 12.8 Å². The Hall–Kier alpha value is -2.01. The highest BCUT2D eigenvalue weighted by Gasteiger charge is 2.17. The summed E-state index contributed by atoms with van der Waals surface area (Å²) in [5.41, 5.74) is 2.04. The van der Waals surface area contributed by atoms with Gasteiger partial charge < -0.3 is 14.5 Å². The van der Waals surface area contributed by atoms with Crippen LogP contribution in [0.25, 0.3) is 21.7 Å². The normalized spacial score (nSPS) is 14.5. The minimum Gasteiger partial charge on any atom is -0.497 e. The van der Waals surface area contributed by atoms with Gasteiger partial charge in [0, 0.05) is 11.9 Å². The van der Waals surface area contributed by atoms with Crippen molar-refractivity contribution in [1.29, 1.82) is 0 Å². The largest absolute Gasteiger partial charge is 0.497 e. The number of aryl methyl sites for hydroxylation is 1. The number of anilines is 1. The number of rotatable bonds is 2. The van der Waals surface area contributed by atoms with E-state index in [4.69, 9.17) is 14.1 Å². The lowest BCUT2D eigenvalue weighted by Gasteiger charge is -1.96. The van der Waals surface area contributed by atoms with E-state index < -0.39 is 0 Å². The first-order valence-electron chi connectivity index (χ1n) is 7.15. The van der Waals surface area contributed by atoms with Gasteiger partial charge in [-0.1, -0.05) is 11.3 Å². The molecule has 3 aromatic rings. The first kappa shape index (κ1) is 12.7. The van der Waals surface area contributed by atoms with E-state index in [1.54, 1.807) is 18.4 Å². The van der Waals surface area contributed by atoms with Gasteiger partial charge in [-0.15, -0.1) is 0 Å². The van der Waals surface area contributed by atoms with E-state index in [-0.39, 0.29) is 0 Å². The number of aromatic nitrogens is 1. The Morgan fingerprint density at radius 1 is 1.29 bits per heavy atom. The molecule has 0 unspecified atom stereocenters. The number of benzene rings is 1. The van der Waals surface area contributed by atoms with Crippen LogP contribution in [0.3, 0.4) is 0 Å². The summed E-state index contributed by atoms with van der Waals surface area (Å²) in [4.78, 5) is 4.75. The van der Waals surface area contributed by atoms with Gasteiger partial charge >= 0.3 is 0 Å². The molecule has 1 aliphatic rings. The average Bonchev–Trinajstić information content (AvgIpc) is 3.04. The maximum absolute atomic E-state index is 5.93. The zero-order chi connectivity index (χ0) is 14.2. The number of methoxy groups -OCH3 is 1. The predicted octanol–water partition coefficient (Wildman–Crippen LogP) is 4.31. The molecule has 2 aromatic heterocycles. The van der Waals surface area contributed by atoms with Crippen molar-refractivity contribution >= 4 is 27.3 Å². The Morgan fingerprint density at radius 3 is 3.14 bits per heavy atom. The van der Waals surface area contributed by atoms with E-state index in [1.165, 1.54) is 23.5 Å². The smallest absolute Gasteiger partial charge is 0.164 e. The molecule has 0 saturated carbocycles. The first-order chi connectivity index (χ1) is 10.3. The second-order valence-corrected chi connectivity index (χ2v) is 6.19. The Balaban J connectivity index is 1.76. The van der Waals surface area contributed by atoms with Crippen LogP contribution in [-0.4, -0.2) is 18.6 Å². The van der Waals surface area contributed by atoms with Crippen LogP contribution in [-0.2, 0) is 6.42 Å². The lowest BCUT2D eigenvalue weighted by Crippen LogP contribution is -1.96. The molecule has 5 heteroatoms. The molecule has 1 aromatic carbocycles. The van der Waals surface area contributed by atoms with Crippen LogP contribution in [0, 0.1) is 0 Å². The third-order valence-corrected chi connectivity index (χ3v) is 4.83. The highest BCUT2D eigenvalue weighted by molar-refractivity contribution is 7.19. The first-order valence-corrected chi connectivity index (χ1v) is 7.97. The van der Waals surface area contributed by atoms with Crippen molar-refractivity contribution < 1.29 is 9.15 Å². The Morgan fingerprint density at radius 2 is 2.24 bits per heavy atom. The zero-order valence-electron chi connectivity index (χ0n) is 11.8. The third-order valence-electron chi connectivity index (χ3n) is 3.76. The quantitative estimate of drug-likeness (QED) is 0.766. The van der Waals surface area contributed by atoms with Crippen LogP contribution in [0.1, 0.15) is 18.5 Å². The average molecular weight is 300 g/mol. The van der Waals surface area contributed by atoms with E-state index in [0.717, 1.165) is 40.5 Å². The minimum absolute atomic E-state index is 0.832. The Bertz CT molecular complexity index is 767. The molecule has 1 N–H and O–H groups in total. The molecule has 0 bridgehead atoms. The highest BCUT2D eigenvalue weighted by Crippen LogP contribution is 2.37. The molecule has 0 amide bonds. The summed E-state index contributed by atoms with van der Waals surface area (Å²) >= 11 is 1.68. The molecule has 0 fully saturated rings. The molecule has 0 aliphatic carbocycles. The molecular weight excluding hydrogens is 284 g/mol. The van der Waals surface area contributed by atoms with E-state index in [2.05, 4.69) is 5.32 Å². The Kier molecular flexibility index (Phi) is 3.07. The van der Waals surface area contributed by atoms with Crippen LogP contribution in [0.2, 0.25) is 0 Å². The molecule has 0 saturated heterocycles. The molecule has 21 heavy (non-hydrogen) atoms. The summed E-state index contributed by atoms with van der Waals surface area (Å²) in [6, 6.07) is 7.87. The minimum atomic E-state index is 0.832. The van der Waals surface area contributed by atoms with Crippen LogP contribution in [0.5, 0.6) is 5.75 Å². The van der Waals surface area contributed by atoms with Crippen molar-refractivity contribution in [2.45, 2.75) is 19.3 Å². The van der Waals surface area contributed by atoms with E-state index in [1.807, 2.05) is 24.3 Å². The SMILES string of the molecule is COc1ccc2oc(-c3nc4c(s3)NCCCC4)cc2c1. The molecule has 1 aliphatic heterocycles. The monoisotopic (exact) mass is 300 g/mol. The fourth-order valence-electron chi connectivity index (χ4n) is 2.64. The number of thiazole rings is 1. The summed E-state index contributed by atoms with van der Waals surface area (Å²) in [7, 11) is 1.67. The lowest BCUT2D eigenvalue weighted by atomic mass is 10.2. The number of fused-ring (bicyclic) bond motifs is 2. The molecular formula is C16H16N2O2S. The van der Waals surface area contributed by atoms with Gasteiger partial charge in [-0.25, -0.2) is 4.98 Å². The second-order valence-electron chi connectivity index (χ2n) is 5.19. The van der Waals surface area contributed by atoms with Gasteiger partial charge in [-0.2, -0.15) is 0 Å². The number of hydrogen-bond acceptors (Lipinski definition) is 5. The van der Waals surface area contributed by atoms with Crippen LogP contribution in [0.4, 0.5) is 5.00 Å². The zero-order valence-corrected chi connectivity index (χ0v) is 12.6. The molecule has 0 radical (unpaired) electrons. The summed E-state index contributed by atoms with van der Waals surface area (Å²) < 4.78 is 11.2. The topological polar surface area (TPSA) is 47.3 Å². The maximum atomic E-state index is 5.93. The molecule has 4 rings (SSSR count). The van der Waals surface area contributed by atoms with Gasteiger partial charge in [0.15, 0.2) is 10.8 Å². The number of furan rings is 1. The molecule has 3 heterocycles. The molecule has 0 atom stereocenters. The van der Waals surface area contributed by atoms with Crippen molar-refractivity contribution in [3.05, 3.63) is 30.0 Å². The van der Waals surface area contributed by atoms with E-state index >= 15 is 0 Å². The third kappa shape index (κ3) is 2.27. The maximum Gasteiger partial charge on any atom is 0.164 e. The fourth-order valence-corrected chi connectivity index (χ4v) is 3.63. The fraction of sp³-hybridized carbons (Fsp3) is 0.312. The van der Waals surface area contributed by atoms with Crippen molar-refractivity contribution in [2.24, 2.45) is 0 Å². The van der Waals surface area contributed by atoms with E-state index in [0.29, 0.717) is 0 Å². The summed E-state index contributed by atoms with van der Waals surface area (Å²) in [5, 5.41) is 6.65. The van der Waals surface area contributed by atoms with Crippen molar-refractivity contribution in [3.8, 4) is 16.5 Å². The molecule has 0 spiro atoms. The molecule has 4 nitrogen and oxygen atoms in total. The van der Waals surface area contributed by atoms with E-state index in [9.17, 15) is 0 Å². The Labute approximate surface area is 126 Å². The standard InChI is InChI=1S/C16H16N2O2S/c1-19-11-5-6-13-10(8-11)9-14(20-13)16-18-12-4-2-3-7-17-15(12)21-16/h5-6,8-9,17H,2-4,7H2,1H3. The summed E-state index contributed by atoms with van der Waals surface area (Å²) in [6.07, 6.45) is 3.45. The van der Waals surface area contributed by atoms with Gasteiger partial charge in [0.25, 0.3) is 0 Å². The number of nitrogens with zero attached hydrogens (tertiary/aromatic N) is 1. The number of nitrogens with one attached hydrogen (secondary N) is 1. The van der Waals surface area contributed by atoms with Gasteiger partial charge in [0.1, 0.15) is 16.3 Å². The van der Waals surface area contributed by atoms with Gasteiger partial charge in [-0.05, 0) is 43.5 Å². The molecule has 108 valence electrons. The number of ether oxygens (including phenoxy) is 1. The van der Waals surface area contributed by atoms with Crippen molar-refractivity contribution in [3.63, 3.8) is 0 Å². The lowest BCUT2D eigenvalue weighted by molar-refractivity contribution is 0.415. The second kappa shape index (κ2) is 5.07. The van der Waals surface area contributed by atoms with Crippen LogP contribution < -0.4 is 10.1 Å². The van der Waals surface area contributed by atoms with Crippen molar-refractivity contribution in [1.82, 2.24) is 4.98 Å².